The van der Waals surface area contributed by atoms with Crippen molar-refractivity contribution in [3.8, 4) is 0 Å². The lowest BCUT2D eigenvalue weighted by Gasteiger charge is -2.16. The number of aryl methyl sites for hydroxylation is 2. The van der Waals surface area contributed by atoms with Crippen LogP contribution in [0.5, 0.6) is 0 Å². The number of hydroxylamine groups is 1. The van der Waals surface area contributed by atoms with Gasteiger partial charge < -0.3 is 5.32 Å². The lowest BCUT2D eigenvalue weighted by Crippen LogP contribution is -2.22. The molecular formula is C22H23N3O. The fourth-order valence-electron chi connectivity index (χ4n) is 3.18. The van der Waals surface area contributed by atoms with Gasteiger partial charge in [0.05, 0.1) is 0 Å². The molecule has 0 spiro atoms. The van der Waals surface area contributed by atoms with Gasteiger partial charge in [0.1, 0.15) is 6.17 Å². The van der Waals surface area contributed by atoms with Crippen molar-refractivity contribution in [2.24, 2.45) is 0 Å². The molecule has 0 amide bonds. The maximum atomic E-state index is 5.71. The van der Waals surface area contributed by atoms with Crippen LogP contribution in [-0.2, 0) is 4.84 Å². The molecule has 26 heavy (non-hydrogen) atoms. The van der Waals surface area contributed by atoms with Gasteiger partial charge in [-0.15, -0.1) is 0 Å². The van der Waals surface area contributed by atoms with E-state index in [-0.39, 0.29) is 12.4 Å². The lowest BCUT2D eigenvalue weighted by molar-refractivity contribution is 0.0214. The van der Waals surface area contributed by atoms with E-state index in [9.17, 15) is 0 Å². The van der Waals surface area contributed by atoms with Crippen LogP contribution in [0.25, 0.3) is 0 Å². The van der Waals surface area contributed by atoms with Crippen molar-refractivity contribution in [3.63, 3.8) is 0 Å². The summed E-state index contributed by atoms with van der Waals surface area (Å²) < 4.78 is 0. The van der Waals surface area contributed by atoms with Gasteiger partial charge in [-0.1, -0.05) is 60.7 Å². The lowest BCUT2D eigenvalue weighted by atomic mass is 10.1. The van der Waals surface area contributed by atoms with Crippen molar-refractivity contribution >= 4 is 11.4 Å². The molecule has 0 saturated carbocycles. The van der Waals surface area contributed by atoms with E-state index in [1.54, 1.807) is 0 Å². The first kappa shape index (κ1) is 16.8. The average molecular weight is 345 g/mol. The van der Waals surface area contributed by atoms with E-state index in [0.29, 0.717) is 0 Å². The van der Waals surface area contributed by atoms with E-state index in [4.69, 9.17) is 4.84 Å². The van der Waals surface area contributed by atoms with E-state index in [1.165, 1.54) is 11.1 Å². The summed E-state index contributed by atoms with van der Waals surface area (Å²) >= 11 is 0. The summed E-state index contributed by atoms with van der Waals surface area (Å²) in [6.45, 7) is 4.23. The summed E-state index contributed by atoms with van der Waals surface area (Å²) in [7, 11) is 0. The zero-order valence-corrected chi connectivity index (χ0v) is 15.0. The highest BCUT2D eigenvalue weighted by molar-refractivity contribution is 5.66. The minimum Gasteiger partial charge on any atom is -0.355 e. The quantitative estimate of drug-likeness (QED) is 0.631. The van der Waals surface area contributed by atoms with Gasteiger partial charge in [0, 0.05) is 11.4 Å². The molecule has 4 nitrogen and oxygen atoms in total. The molecule has 0 radical (unpaired) electrons. The van der Waals surface area contributed by atoms with Crippen molar-refractivity contribution in [2.45, 2.75) is 26.2 Å². The molecule has 1 saturated heterocycles. The van der Waals surface area contributed by atoms with E-state index in [2.05, 4.69) is 78.5 Å². The van der Waals surface area contributed by atoms with Crippen LogP contribution in [0.1, 0.15) is 34.6 Å². The highest BCUT2D eigenvalue weighted by atomic mass is 16.7. The second-order valence-electron chi connectivity index (χ2n) is 6.64. The SMILES string of the molecule is Cc1ccccc1Nc1ccc(C2NOC(c3ccccc3)N2)cc1C. The maximum Gasteiger partial charge on any atom is 0.156 e. The highest BCUT2D eigenvalue weighted by Crippen LogP contribution is 2.29. The van der Waals surface area contributed by atoms with Crippen LogP contribution in [0.4, 0.5) is 11.4 Å². The van der Waals surface area contributed by atoms with Crippen molar-refractivity contribution in [2.75, 3.05) is 5.32 Å². The molecule has 0 aliphatic carbocycles. The number of rotatable bonds is 4. The number of benzene rings is 3. The van der Waals surface area contributed by atoms with Crippen molar-refractivity contribution in [3.05, 3.63) is 95.1 Å². The monoisotopic (exact) mass is 345 g/mol. The molecule has 3 aromatic rings. The molecule has 1 aliphatic heterocycles. The molecule has 132 valence electrons. The molecular weight excluding hydrogens is 322 g/mol. The smallest absolute Gasteiger partial charge is 0.156 e. The third-order valence-corrected chi connectivity index (χ3v) is 4.72. The Balaban J connectivity index is 1.49. The van der Waals surface area contributed by atoms with Gasteiger partial charge in [0.25, 0.3) is 0 Å². The first-order valence-corrected chi connectivity index (χ1v) is 8.86. The zero-order chi connectivity index (χ0) is 17.9. The normalized spacial score (nSPS) is 19.5. The van der Waals surface area contributed by atoms with Crippen molar-refractivity contribution < 1.29 is 4.84 Å². The number of hydrogen-bond acceptors (Lipinski definition) is 4. The van der Waals surface area contributed by atoms with Crippen LogP contribution in [0.15, 0.2) is 72.8 Å². The Morgan fingerprint density at radius 3 is 2.27 bits per heavy atom. The highest BCUT2D eigenvalue weighted by Gasteiger charge is 2.26. The molecule has 2 unspecified atom stereocenters. The first-order valence-electron chi connectivity index (χ1n) is 8.86. The average Bonchev–Trinajstić information content (AvgIpc) is 3.16. The molecule has 1 aliphatic rings. The summed E-state index contributed by atoms with van der Waals surface area (Å²) in [5.74, 6) is 0. The van der Waals surface area contributed by atoms with E-state index in [0.717, 1.165) is 22.5 Å². The minimum absolute atomic E-state index is 0.0357. The summed E-state index contributed by atoms with van der Waals surface area (Å²) in [6.07, 6.45) is -0.183. The fourth-order valence-corrected chi connectivity index (χ4v) is 3.18. The Morgan fingerprint density at radius 2 is 1.50 bits per heavy atom. The summed E-state index contributed by atoms with van der Waals surface area (Å²) in [5.41, 5.74) is 10.0. The second kappa shape index (κ2) is 7.30. The van der Waals surface area contributed by atoms with E-state index < -0.39 is 0 Å². The van der Waals surface area contributed by atoms with E-state index in [1.807, 2.05) is 24.3 Å². The van der Waals surface area contributed by atoms with Crippen LogP contribution in [-0.4, -0.2) is 0 Å². The van der Waals surface area contributed by atoms with Crippen LogP contribution >= 0.6 is 0 Å². The second-order valence-corrected chi connectivity index (χ2v) is 6.64. The molecule has 2 atom stereocenters. The van der Waals surface area contributed by atoms with Gasteiger partial charge in [-0.3, -0.25) is 10.2 Å². The van der Waals surface area contributed by atoms with Crippen LogP contribution in [0.3, 0.4) is 0 Å². The van der Waals surface area contributed by atoms with Gasteiger partial charge in [-0.05, 0) is 48.2 Å². The molecule has 0 aromatic heterocycles. The van der Waals surface area contributed by atoms with Crippen LogP contribution in [0, 0.1) is 13.8 Å². The largest absolute Gasteiger partial charge is 0.355 e. The van der Waals surface area contributed by atoms with Gasteiger partial charge in [-0.2, -0.15) is 5.48 Å². The van der Waals surface area contributed by atoms with Crippen molar-refractivity contribution in [1.29, 1.82) is 0 Å². The van der Waals surface area contributed by atoms with Crippen LogP contribution < -0.4 is 16.1 Å². The Labute approximate surface area is 154 Å². The molecule has 1 fully saturated rings. The first-order chi connectivity index (χ1) is 12.7. The molecule has 3 N–H and O–H groups in total. The topological polar surface area (TPSA) is 45.3 Å². The molecule has 4 rings (SSSR count). The number of hydrogen-bond donors (Lipinski definition) is 3. The standard InChI is InChI=1S/C22H23N3O/c1-15-8-6-7-11-19(15)23-20-13-12-18(14-16(20)2)21-24-22(26-25-21)17-9-4-3-5-10-17/h3-14,21-25H,1-2H3. The summed E-state index contributed by atoms with van der Waals surface area (Å²) in [6, 6.07) is 24.9. The maximum absolute atomic E-state index is 5.71. The van der Waals surface area contributed by atoms with Gasteiger partial charge in [0.2, 0.25) is 0 Å². The molecule has 0 bridgehead atoms. The molecule has 3 aromatic carbocycles. The Kier molecular flexibility index (Phi) is 4.71. The third-order valence-electron chi connectivity index (χ3n) is 4.72. The Hall–Kier alpha value is -2.66. The summed E-state index contributed by atoms with van der Waals surface area (Å²) in [5, 5.41) is 7.00. The zero-order valence-electron chi connectivity index (χ0n) is 15.0. The summed E-state index contributed by atoms with van der Waals surface area (Å²) in [4.78, 5) is 5.71. The molecule has 1 heterocycles. The Morgan fingerprint density at radius 1 is 0.769 bits per heavy atom. The number of nitrogens with one attached hydrogen (secondary N) is 3. The fraction of sp³-hybridized carbons (Fsp3) is 0.182. The van der Waals surface area contributed by atoms with Gasteiger partial charge >= 0.3 is 0 Å². The van der Waals surface area contributed by atoms with E-state index >= 15 is 0 Å². The molecule has 4 heteroatoms. The minimum atomic E-state index is -0.147. The third kappa shape index (κ3) is 3.48. The van der Waals surface area contributed by atoms with Crippen LogP contribution in [0.2, 0.25) is 0 Å². The van der Waals surface area contributed by atoms with Gasteiger partial charge in [0.15, 0.2) is 6.23 Å². The predicted octanol–water partition coefficient (Wildman–Crippen LogP) is 4.87. The number of anilines is 2. The van der Waals surface area contributed by atoms with Gasteiger partial charge in [-0.25, -0.2) is 0 Å². The Bertz CT molecular complexity index is 895. The van der Waals surface area contributed by atoms with Crippen molar-refractivity contribution in [1.82, 2.24) is 10.8 Å². The number of para-hydroxylation sites is 1. The predicted molar refractivity (Wildman–Crippen MR) is 105 cm³/mol.